The summed E-state index contributed by atoms with van der Waals surface area (Å²) in [4.78, 5) is 43.6. The van der Waals surface area contributed by atoms with Crippen molar-refractivity contribution in [3.63, 3.8) is 0 Å². The van der Waals surface area contributed by atoms with Gasteiger partial charge in [-0.3, -0.25) is 14.4 Å². The minimum atomic E-state index is -0.781. The molecule has 0 saturated carbocycles. The standard InChI is InChI=1S/C27H33N3O5/c1-18-8-7-9-19(2)30(18)25(31)17-34-21-14-12-20(13-15-21)26(32)29-16-24(27(33)28(3)4)35-23-11-6-5-10-22(23)29/h5-6,10-15,18-19,24H,7-9,16-17H2,1-4H3/t18-,19-,24+/m1/s1. The molecule has 2 aliphatic rings. The molecule has 2 aromatic rings. The number of amides is 3. The highest BCUT2D eigenvalue weighted by molar-refractivity contribution is 6.08. The fourth-order valence-corrected chi connectivity index (χ4v) is 4.83. The number of anilines is 1. The predicted octanol–water partition coefficient (Wildman–Crippen LogP) is 3.35. The van der Waals surface area contributed by atoms with Crippen molar-refractivity contribution in [2.75, 3.05) is 32.1 Å². The lowest BCUT2D eigenvalue weighted by Gasteiger charge is -2.39. The first-order valence-corrected chi connectivity index (χ1v) is 12.1. The van der Waals surface area contributed by atoms with E-state index < -0.39 is 6.10 Å². The number of likely N-dealkylation sites (tertiary alicyclic amines) is 1. The first-order valence-electron chi connectivity index (χ1n) is 12.1. The molecule has 186 valence electrons. The van der Waals surface area contributed by atoms with Crippen molar-refractivity contribution in [1.82, 2.24) is 9.80 Å². The van der Waals surface area contributed by atoms with Gasteiger partial charge in [0.25, 0.3) is 17.7 Å². The molecule has 35 heavy (non-hydrogen) atoms. The van der Waals surface area contributed by atoms with Crippen LogP contribution in [0.15, 0.2) is 48.5 Å². The molecule has 3 atom stereocenters. The van der Waals surface area contributed by atoms with Crippen molar-refractivity contribution in [2.45, 2.75) is 51.3 Å². The Hall–Kier alpha value is -3.55. The Balaban J connectivity index is 1.44. The van der Waals surface area contributed by atoms with E-state index in [2.05, 4.69) is 13.8 Å². The Morgan fingerprint density at radius 1 is 1.00 bits per heavy atom. The van der Waals surface area contributed by atoms with Gasteiger partial charge in [0.2, 0.25) is 0 Å². The van der Waals surface area contributed by atoms with Gasteiger partial charge in [-0.05, 0) is 69.5 Å². The Bertz CT molecular complexity index is 1070. The lowest BCUT2D eigenvalue weighted by atomic mass is 9.97. The SMILES string of the molecule is C[C@@H]1CCC[C@@H](C)N1C(=O)COc1ccc(C(=O)N2C[C@@H](C(=O)N(C)C)Oc3ccccc32)cc1. The Morgan fingerprint density at radius 3 is 2.31 bits per heavy atom. The summed E-state index contributed by atoms with van der Waals surface area (Å²) < 4.78 is 11.6. The molecular weight excluding hydrogens is 446 g/mol. The van der Waals surface area contributed by atoms with Crippen LogP contribution in [-0.4, -0.2) is 73.0 Å². The van der Waals surface area contributed by atoms with Crippen LogP contribution in [0.1, 0.15) is 43.5 Å². The average molecular weight is 480 g/mol. The molecule has 3 amide bonds. The van der Waals surface area contributed by atoms with Crippen molar-refractivity contribution in [3.05, 3.63) is 54.1 Å². The van der Waals surface area contributed by atoms with Crippen LogP contribution >= 0.6 is 0 Å². The van der Waals surface area contributed by atoms with Crippen LogP contribution in [0, 0.1) is 0 Å². The zero-order valence-corrected chi connectivity index (χ0v) is 20.8. The fourth-order valence-electron chi connectivity index (χ4n) is 4.83. The molecule has 0 aliphatic carbocycles. The number of fused-ring (bicyclic) bond motifs is 1. The molecule has 0 N–H and O–H groups in total. The van der Waals surface area contributed by atoms with Crippen LogP contribution in [0.5, 0.6) is 11.5 Å². The minimum absolute atomic E-state index is 0.0219. The summed E-state index contributed by atoms with van der Waals surface area (Å²) >= 11 is 0. The van der Waals surface area contributed by atoms with E-state index in [0.717, 1.165) is 19.3 Å². The highest BCUT2D eigenvalue weighted by Gasteiger charge is 2.35. The van der Waals surface area contributed by atoms with Gasteiger partial charge in [-0.2, -0.15) is 0 Å². The third kappa shape index (κ3) is 5.26. The molecule has 8 nitrogen and oxygen atoms in total. The molecule has 2 aromatic carbocycles. The molecule has 1 fully saturated rings. The zero-order chi connectivity index (χ0) is 25.1. The van der Waals surface area contributed by atoms with E-state index in [-0.39, 0.29) is 43.0 Å². The molecule has 0 spiro atoms. The second-order valence-corrected chi connectivity index (χ2v) is 9.47. The number of likely N-dealkylation sites (N-methyl/N-ethyl adjacent to an activating group) is 1. The molecule has 0 bridgehead atoms. The van der Waals surface area contributed by atoms with E-state index in [0.29, 0.717) is 22.7 Å². The average Bonchev–Trinajstić information content (AvgIpc) is 2.86. The normalized spacial score (nSPS) is 21.5. The van der Waals surface area contributed by atoms with Gasteiger partial charge in [-0.25, -0.2) is 0 Å². The van der Waals surface area contributed by atoms with Crippen molar-refractivity contribution in [3.8, 4) is 11.5 Å². The lowest BCUT2D eigenvalue weighted by molar-refractivity contribution is -0.139. The Kier molecular flexibility index (Phi) is 7.28. The molecule has 2 aliphatic heterocycles. The maximum atomic E-state index is 13.4. The quantitative estimate of drug-likeness (QED) is 0.657. The third-order valence-electron chi connectivity index (χ3n) is 6.68. The van der Waals surface area contributed by atoms with Crippen LogP contribution < -0.4 is 14.4 Å². The smallest absolute Gasteiger partial charge is 0.265 e. The number of hydrogen-bond acceptors (Lipinski definition) is 5. The van der Waals surface area contributed by atoms with Crippen LogP contribution in [0.4, 0.5) is 5.69 Å². The van der Waals surface area contributed by atoms with E-state index in [9.17, 15) is 14.4 Å². The first kappa shape index (κ1) is 24.6. The molecule has 0 unspecified atom stereocenters. The Morgan fingerprint density at radius 2 is 1.66 bits per heavy atom. The summed E-state index contributed by atoms with van der Waals surface area (Å²) in [5.41, 5.74) is 1.07. The summed E-state index contributed by atoms with van der Waals surface area (Å²) in [6.45, 7) is 4.24. The van der Waals surface area contributed by atoms with Gasteiger partial charge in [0.05, 0.1) is 12.2 Å². The number of carbonyl (C=O) groups excluding carboxylic acids is 3. The summed E-state index contributed by atoms with van der Waals surface area (Å²) in [6, 6.07) is 14.4. The lowest BCUT2D eigenvalue weighted by Crippen LogP contribution is -2.50. The number of piperidine rings is 1. The molecule has 4 rings (SSSR count). The second kappa shape index (κ2) is 10.4. The highest BCUT2D eigenvalue weighted by Crippen LogP contribution is 2.34. The third-order valence-corrected chi connectivity index (χ3v) is 6.68. The van der Waals surface area contributed by atoms with E-state index in [1.807, 2.05) is 17.0 Å². The molecule has 2 heterocycles. The maximum absolute atomic E-state index is 13.4. The number of ether oxygens (including phenoxy) is 2. The van der Waals surface area contributed by atoms with Gasteiger partial charge >= 0.3 is 0 Å². The number of rotatable bonds is 5. The summed E-state index contributed by atoms with van der Waals surface area (Å²) in [7, 11) is 3.32. The number of para-hydroxylation sites is 2. The summed E-state index contributed by atoms with van der Waals surface area (Å²) in [5.74, 6) is 0.549. The molecule has 8 heteroatoms. The maximum Gasteiger partial charge on any atom is 0.265 e. The van der Waals surface area contributed by atoms with Crippen molar-refractivity contribution >= 4 is 23.4 Å². The van der Waals surface area contributed by atoms with Crippen molar-refractivity contribution < 1.29 is 23.9 Å². The minimum Gasteiger partial charge on any atom is -0.484 e. The Labute approximate surface area is 206 Å². The van der Waals surface area contributed by atoms with Gasteiger partial charge in [-0.1, -0.05) is 12.1 Å². The van der Waals surface area contributed by atoms with E-state index in [1.54, 1.807) is 55.4 Å². The number of hydrogen-bond donors (Lipinski definition) is 0. The first-order chi connectivity index (χ1) is 16.8. The highest BCUT2D eigenvalue weighted by atomic mass is 16.5. The topological polar surface area (TPSA) is 79.4 Å². The van der Waals surface area contributed by atoms with Crippen molar-refractivity contribution in [2.24, 2.45) is 0 Å². The zero-order valence-electron chi connectivity index (χ0n) is 20.8. The van der Waals surface area contributed by atoms with Gasteiger partial charge in [0, 0.05) is 31.7 Å². The summed E-state index contributed by atoms with van der Waals surface area (Å²) in [6.07, 6.45) is 2.38. The number of carbonyl (C=O) groups is 3. The van der Waals surface area contributed by atoms with Gasteiger partial charge < -0.3 is 24.2 Å². The molecular formula is C27H33N3O5. The van der Waals surface area contributed by atoms with Gasteiger partial charge in [0.1, 0.15) is 11.5 Å². The molecule has 0 aromatic heterocycles. The van der Waals surface area contributed by atoms with Crippen LogP contribution in [0.3, 0.4) is 0 Å². The van der Waals surface area contributed by atoms with Crippen LogP contribution in [0.2, 0.25) is 0 Å². The van der Waals surface area contributed by atoms with Crippen LogP contribution in [-0.2, 0) is 9.59 Å². The second-order valence-electron chi connectivity index (χ2n) is 9.47. The van der Waals surface area contributed by atoms with E-state index in [4.69, 9.17) is 9.47 Å². The van der Waals surface area contributed by atoms with E-state index in [1.165, 1.54) is 4.90 Å². The fraction of sp³-hybridized carbons (Fsp3) is 0.444. The van der Waals surface area contributed by atoms with Gasteiger partial charge in [-0.15, -0.1) is 0 Å². The predicted molar refractivity (Wildman–Crippen MR) is 133 cm³/mol. The molecule has 0 radical (unpaired) electrons. The monoisotopic (exact) mass is 479 g/mol. The summed E-state index contributed by atoms with van der Waals surface area (Å²) in [5, 5.41) is 0. The van der Waals surface area contributed by atoms with Crippen molar-refractivity contribution in [1.29, 1.82) is 0 Å². The largest absolute Gasteiger partial charge is 0.484 e. The molecule has 1 saturated heterocycles. The van der Waals surface area contributed by atoms with Crippen LogP contribution in [0.25, 0.3) is 0 Å². The number of nitrogens with zero attached hydrogens (tertiary/aromatic N) is 3. The van der Waals surface area contributed by atoms with E-state index >= 15 is 0 Å². The number of benzene rings is 2. The van der Waals surface area contributed by atoms with Gasteiger partial charge in [0.15, 0.2) is 12.7 Å².